The number of halogens is 1. The first-order valence-corrected chi connectivity index (χ1v) is 8.00. The van der Waals surface area contributed by atoms with Crippen LogP contribution in [0.2, 0.25) is 4.34 Å². The average molecular weight is 331 g/mol. The van der Waals surface area contributed by atoms with Gasteiger partial charge in [-0.15, -0.1) is 11.3 Å². The highest BCUT2D eigenvalue weighted by Gasteiger charge is 2.17. The van der Waals surface area contributed by atoms with Gasteiger partial charge in [-0.2, -0.15) is 0 Å². The Morgan fingerprint density at radius 3 is 2.48 bits per heavy atom. The van der Waals surface area contributed by atoms with E-state index in [1.165, 1.54) is 16.2 Å². The standard InChI is InChI=1S/C14H19ClN2O3S/c1-3-16-13(19)9-17(4-2)14(20)8-5-10(18)11-6-7-12(15)21-11/h6-7H,3-5,8-9H2,1-2H3,(H,16,19). The molecule has 1 rings (SSSR count). The first-order chi connectivity index (χ1) is 9.97. The third kappa shape index (κ3) is 5.85. The average Bonchev–Trinajstić information content (AvgIpc) is 2.88. The minimum Gasteiger partial charge on any atom is -0.355 e. The summed E-state index contributed by atoms with van der Waals surface area (Å²) in [5, 5.41) is 2.65. The van der Waals surface area contributed by atoms with E-state index in [1.54, 1.807) is 19.1 Å². The van der Waals surface area contributed by atoms with Crippen molar-refractivity contribution in [2.45, 2.75) is 26.7 Å². The molecule has 7 heteroatoms. The SMILES string of the molecule is CCNC(=O)CN(CC)C(=O)CCC(=O)c1ccc(Cl)s1. The van der Waals surface area contributed by atoms with E-state index in [2.05, 4.69) is 5.32 Å². The molecule has 2 amide bonds. The summed E-state index contributed by atoms with van der Waals surface area (Å²) < 4.78 is 0.552. The molecule has 0 fully saturated rings. The lowest BCUT2D eigenvalue weighted by Crippen LogP contribution is -2.40. The molecular formula is C14H19ClN2O3S. The van der Waals surface area contributed by atoms with Gasteiger partial charge in [-0.25, -0.2) is 0 Å². The molecule has 0 aromatic carbocycles. The summed E-state index contributed by atoms with van der Waals surface area (Å²) in [6.07, 6.45) is 0.225. The Bertz CT molecular complexity index is 516. The summed E-state index contributed by atoms with van der Waals surface area (Å²) in [7, 11) is 0. The Morgan fingerprint density at radius 1 is 1.24 bits per heavy atom. The Morgan fingerprint density at radius 2 is 1.95 bits per heavy atom. The number of nitrogens with one attached hydrogen (secondary N) is 1. The number of likely N-dealkylation sites (N-methyl/N-ethyl adjacent to an activating group) is 2. The summed E-state index contributed by atoms with van der Waals surface area (Å²) in [5.41, 5.74) is 0. The van der Waals surface area contributed by atoms with E-state index in [1.807, 2.05) is 6.92 Å². The van der Waals surface area contributed by atoms with Crippen LogP contribution in [0.25, 0.3) is 0 Å². The van der Waals surface area contributed by atoms with Gasteiger partial charge in [-0.3, -0.25) is 14.4 Å². The van der Waals surface area contributed by atoms with E-state index in [-0.39, 0.29) is 37.0 Å². The van der Waals surface area contributed by atoms with Crippen molar-refractivity contribution in [1.29, 1.82) is 0 Å². The summed E-state index contributed by atoms with van der Waals surface area (Å²) in [6.45, 7) is 4.62. The van der Waals surface area contributed by atoms with Crippen LogP contribution >= 0.6 is 22.9 Å². The van der Waals surface area contributed by atoms with Gasteiger partial charge >= 0.3 is 0 Å². The van der Waals surface area contributed by atoms with Crippen LogP contribution in [-0.2, 0) is 9.59 Å². The van der Waals surface area contributed by atoms with Crippen LogP contribution in [-0.4, -0.2) is 42.1 Å². The van der Waals surface area contributed by atoms with Gasteiger partial charge in [0.1, 0.15) is 0 Å². The van der Waals surface area contributed by atoms with Crippen LogP contribution in [0.1, 0.15) is 36.4 Å². The second-order valence-corrected chi connectivity index (χ2v) is 6.10. The number of carbonyl (C=O) groups excluding carboxylic acids is 3. The largest absolute Gasteiger partial charge is 0.355 e. The molecule has 1 N–H and O–H groups in total. The van der Waals surface area contributed by atoms with Gasteiger partial charge in [0.2, 0.25) is 11.8 Å². The maximum Gasteiger partial charge on any atom is 0.239 e. The molecule has 0 saturated carbocycles. The number of Topliss-reactive ketones (excluding diaryl/α,β-unsaturated/α-hetero) is 1. The topological polar surface area (TPSA) is 66.5 Å². The van der Waals surface area contributed by atoms with Gasteiger partial charge < -0.3 is 10.2 Å². The van der Waals surface area contributed by atoms with Crippen LogP contribution in [0.3, 0.4) is 0 Å². The van der Waals surface area contributed by atoms with Crippen LogP contribution in [0.4, 0.5) is 0 Å². The number of nitrogens with zero attached hydrogens (tertiary/aromatic N) is 1. The van der Waals surface area contributed by atoms with Crippen molar-refractivity contribution in [2.24, 2.45) is 0 Å². The molecule has 1 aromatic rings. The van der Waals surface area contributed by atoms with Gasteiger partial charge in [-0.1, -0.05) is 11.6 Å². The predicted octanol–water partition coefficient (Wildman–Crippen LogP) is 2.35. The van der Waals surface area contributed by atoms with E-state index in [9.17, 15) is 14.4 Å². The second-order valence-electron chi connectivity index (χ2n) is 4.39. The highest BCUT2D eigenvalue weighted by atomic mass is 35.5. The number of hydrogen-bond acceptors (Lipinski definition) is 4. The Hall–Kier alpha value is -1.40. The maximum atomic E-state index is 12.0. The zero-order valence-electron chi connectivity index (χ0n) is 12.1. The minimum atomic E-state index is -0.195. The maximum absolute atomic E-state index is 12.0. The summed E-state index contributed by atoms with van der Waals surface area (Å²) >= 11 is 6.98. The van der Waals surface area contributed by atoms with Crippen molar-refractivity contribution in [3.8, 4) is 0 Å². The third-order valence-electron chi connectivity index (χ3n) is 2.86. The van der Waals surface area contributed by atoms with Crippen LogP contribution < -0.4 is 5.32 Å². The lowest BCUT2D eigenvalue weighted by Gasteiger charge is -2.19. The molecule has 0 aliphatic rings. The molecule has 1 aromatic heterocycles. The lowest BCUT2D eigenvalue weighted by atomic mass is 10.2. The molecular weight excluding hydrogens is 312 g/mol. The quantitative estimate of drug-likeness (QED) is 0.744. The fraction of sp³-hybridized carbons (Fsp3) is 0.500. The van der Waals surface area contributed by atoms with Gasteiger partial charge in [-0.05, 0) is 26.0 Å². The molecule has 0 atom stereocenters. The van der Waals surface area contributed by atoms with Crippen LogP contribution in [0, 0.1) is 0 Å². The molecule has 1 heterocycles. The van der Waals surface area contributed by atoms with Crippen molar-refractivity contribution in [3.05, 3.63) is 21.3 Å². The molecule has 0 aliphatic carbocycles. The molecule has 5 nitrogen and oxygen atoms in total. The zero-order valence-corrected chi connectivity index (χ0v) is 13.7. The number of carbonyl (C=O) groups is 3. The van der Waals surface area contributed by atoms with Crippen molar-refractivity contribution in [1.82, 2.24) is 10.2 Å². The molecule has 0 spiro atoms. The Balaban J connectivity index is 2.47. The van der Waals surface area contributed by atoms with Crippen LogP contribution in [0.15, 0.2) is 12.1 Å². The number of rotatable bonds is 8. The Labute approximate surface area is 133 Å². The van der Waals surface area contributed by atoms with Crippen molar-refractivity contribution in [3.63, 3.8) is 0 Å². The molecule has 0 aliphatic heterocycles. The fourth-order valence-electron chi connectivity index (χ4n) is 1.77. The van der Waals surface area contributed by atoms with E-state index < -0.39 is 0 Å². The number of amides is 2. The van der Waals surface area contributed by atoms with Gasteiger partial charge in [0.25, 0.3) is 0 Å². The molecule has 0 radical (unpaired) electrons. The van der Waals surface area contributed by atoms with Crippen molar-refractivity contribution in [2.75, 3.05) is 19.6 Å². The molecule has 0 bridgehead atoms. The highest BCUT2D eigenvalue weighted by Crippen LogP contribution is 2.23. The van der Waals surface area contributed by atoms with E-state index in [0.29, 0.717) is 22.3 Å². The zero-order chi connectivity index (χ0) is 15.8. The number of hydrogen-bond donors (Lipinski definition) is 1. The van der Waals surface area contributed by atoms with Gasteiger partial charge in [0.15, 0.2) is 5.78 Å². The second kappa shape index (κ2) is 8.79. The van der Waals surface area contributed by atoms with E-state index in [4.69, 9.17) is 11.6 Å². The smallest absolute Gasteiger partial charge is 0.239 e. The fourth-order valence-corrected chi connectivity index (χ4v) is 2.78. The van der Waals surface area contributed by atoms with E-state index in [0.717, 1.165) is 0 Å². The third-order valence-corrected chi connectivity index (χ3v) is 4.13. The predicted molar refractivity (Wildman–Crippen MR) is 83.8 cm³/mol. The first kappa shape index (κ1) is 17.7. The van der Waals surface area contributed by atoms with Crippen molar-refractivity contribution < 1.29 is 14.4 Å². The first-order valence-electron chi connectivity index (χ1n) is 6.80. The summed E-state index contributed by atoms with van der Waals surface area (Å²) in [5.74, 6) is -0.488. The highest BCUT2D eigenvalue weighted by molar-refractivity contribution is 7.18. The van der Waals surface area contributed by atoms with Gasteiger partial charge in [0, 0.05) is 25.9 Å². The summed E-state index contributed by atoms with van der Waals surface area (Å²) in [6, 6.07) is 3.32. The minimum absolute atomic E-state index is 0.0300. The van der Waals surface area contributed by atoms with Crippen molar-refractivity contribution >= 4 is 40.5 Å². The molecule has 116 valence electrons. The number of thiophene rings is 1. The number of ketones is 1. The van der Waals surface area contributed by atoms with E-state index >= 15 is 0 Å². The molecule has 21 heavy (non-hydrogen) atoms. The van der Waals surface area contributed by atoms with Crippen LogP contribution in [0.5, 0.6) is 0 Å². The lowest BCUT2D eigenvalue weighted by molar-refractivity contribution is -0.135. The normalized spacial score (nSPS) is 10.2. The van der Waals surface area contributed by atoms with Gasteiger partial charge in [0.05, 0.1) is 15.8 Å². The molecule has 0 unspecified atom stereocenters. The molecule has 0 saturated heterocycles. The Kier molecular flexibility index (Phi) is 7.39. The monoisotopic (exact) mass is 330 g/mol. The summed E-state index contributed by atoms with van der Waals surface area (Å²) in [4.78, 5) is 37.4.